The molecular weight excluding hydrogens is 224 g/mol. The van der Waals surface area contributed by atoms with E-state index in [4.69, 9.17) is 9.84 Å². The first-order valence-corrected chi connectivity index (χ1v) is 6.58. The van der Waals surface area contributed by atoms with E-state index in [1.165, 1.54) is 4.88 Å². The number of rotatable bonds is 5. The summed E-state index contributed by atoms with van der Waals surface area (Å²) < 4.78 is 5.53. The van der Waals surface area contributed by atoms with Gasteiger partial charge in [0.2, 0.25) is 0 Å². The van der Waals surface area contributed by atoms with E-state index in [0.29, 0.717) is 12.7 Å². The molecule has 4 nitrogen and oxygen atoms in total. The largest absolute Gasteiger partial charge is 0.394 e. The second kappa shape index (κ2) is 6.30. The van der Waals surface area contributed by atoms with Gasteiger partial charge < -0.3 is 9.84 Å². The predicted octanol–water partition coefficient (Wildman–Crippen LogP) is 1.12. The van der Waals surface area contributed by atoms with Crippen molar-refractivity contribution in [2.24, 2.45) is 0 Å². The molecule has 0 atom stereocenters. The van der Waals surface area contributed by atoms with Crippen LogP contribution in [0.5, 0.6) is 0 Å². The quantitative estimate of drug-likeness (QED) is 0.840. The average molecular weight is 242 g/mol. The Labute approximate surface area is 99.9 Å². The molecule has 0 radical (unpaired) electrons. The van der Waals surface area contributed by atoms with E-state index >= 15 is 0 Å². The maximum Gasteiger partial charge on any atom is 0.0794 e. The summed E-state index contributed by atoms with van der Waals surface area (Å²) >= 11 is 1.71. The molecule has 0 spiro atoms. The molecule has 2 rings (SSSR count). The summed E-state index contributed by atoms with van der Waals surface area (Å²) in [5, 5.41) is 8.68. The van der Waals surface area contributed by atoms with Crippen LogP contribution in [0.3, 0.4) is 0 Å². The van der Waals surface area contributed by atoms with E-state index in [1.54, 1.807) is 11.3 Å². The first kappa shape index (κ1) is 12.0. The third-order valence-corrected chi connectivity index (χ3v) is 3.61. The van der Waals surface area contributed by atoms with Crippen LogP contribution in [0.1, 0.15) is 17.7 Å². The van der Waals surface area contributed by atoms with Crippen molar-refractivity contribution >= 4 is 11.3 Å². The first-order chi connectivity index (χ1) is 7.88. The lowest BCUT2D eigenvalue weighted by atomic mass is 10.1. The second-order valence-electron chi connectivity index (χ2n) is 4.04. The minimum absolute atomic E-state index is 0.126. The molecule has 1 aromatic heterocycles. The van der Waals surface area contributed by atoms with E-state index in [1.807, 2.05) is 11.7 Å². The lowest BCUT2D eigenvalue weighted by molar-refractivity contribution is -0.00887. The van der Waals surface area contributed by atoms with E-state index in [2.05, 4.69) is 9.88 Å². The van der Waals surface area contributed by atoms with Gasteiger partial charge in [-0.05, 0) is 12.8 Å². The molecule has 16 heavy (non-hydrogen) atoms. The number of likely N-dealkylation sites (tertiary alicyclic amines) is 1. The zero-order valence-electron chi connectivity index (χ0n) is 9.34. The second-order valence-corrected chi connectivity index (χ2v) is 5.01. The van der Waals surface area contributed by atoms with Crippen LogP contribution in [0.15, 0.2) is 11.7 Å². The Balaban J connectivity index is 1.69. The number of thiazole rings is 1. The van der Waals surface area contributed by atoms with Gasteiger partial charge in [-0.15, -0.1) is 11.3 Å². The average Bonchev–Trinajstić information content (AvgIpc) is 2.81. The maximum atomic E-state index is 8.68. The van der Waals surface area contributed by atoms with Crippen LogP contribution in [0, 0.1) is 0 Å². The molecule has 1 aliphatic rings. The van der Waals surface area contributed by atoms with Gasteiger partial charge in [-0.1, -0.05) is 0 Å². The van der Waals surface area contributed by atoms with Crippen molar-refractivity contribution in [1.29, 1.82) is 0 Å². The van der Waals surface area contributed by atoms with Crippen LogP contribution in [0.2, 0.25) is 0 Å². The SMILES string of the molecule is OCCOC1CCN(Cc2cncs2)CC1. The van der Waals surface area contributed by atoms with Crippen molar-refractivity contribution in [1.82, 2.24) is 9.88 Å². The lowest BCUT2D eigenvalue weighted by Crippen LogP contribution is -2.36. The number of aliphatic hydroxyl groups excluding tert-OH is 1. The summed E-state index contributed by atoms with van der Waals surface area (Å²) in [6.45, 7) is 3.76. The number of hydrogen-bond acceptors (Lipinski definition) is 5. The monoisotopic (exact) mass is 242 g/mol. The molecule has 0 bridgehead atoms. The molecule has 2 heterocycles. The highest BCUT2D eigenvalue weighted by Gasteiger charge is 2.19. The highest BCUT2D eigenvalue weighted by Crippen LogP contribution is 2.17. The highest BCUT2D eigenvalue weighted by atomic mass is 32.1. The Morgan fingerprint density at radius 3 is 2.94 bits per heavy atom. The molecule has 0 aromatic carbocycles. The molecule has 1 saturated heterocycles. The van der Waals surface area contributed by atoms with Crippen LogP contribution in [0.25, 0.3) is 0 Å². The maximum absolute atomic E-state index is 8.68. The fourth-order valence-corrected chi connectivity index (χ4v) is 2.63. The normalized spacial score (nSPS) is 19.1. The van der Waals surface area contributed by atoms with E-state index in [0.717, 1.165) is 32.5 Å². The van der Waals surface area contributed by atoms with Gasteiger partial charge in [0, 0.05) is 30.7 Å². The summed E-state index contributed by atoms with van der Waals surface area (Å²) in [5.74, 6) is 0. The van der Waals surface area contributed by atoms with Gasteiger partial charge in [-0.3, -0.25) is 9.88 Å². The Kier molecular flexibility index (Phi) is 4.71. The van der Waals surface area contributed by atoms with Crippen molar-refractivity contribution in [3.8, 4) is 0 Å². The first-order valence-electron chi connectivity index (χ1n) is 5.70. The fourth-order valence-electron chi connectivity index (χ4n) is 1.99. The van der Waals surface area contributed by atoms with Gasteiger partial charge in [-0.25, -0.2) is 0 Å². The minimum atomic E-state index is 0.126. The van der Waals surface area contributed by atoms with Gasteiger partial charge in [0.05, 0.1) is 24.8 Å². The summed E-state index contributed by atoms with van der Waals surface area (Å²) in [6, 6.07) is 0. The molecule has 1 N–H and O–H groups in total. The molecular formula is C11H18N2O2S. The van der Waals surface area contributed by atoms with Crippen LogP contribution < -0.4 is 0 Å². The molecule has 0 aliphatic carbocycles. The number of ether oxygens (including phenoxy) is 1. The number of aliphatic hydroxyl groups is 1. The van der Waals surface area contributed by atoms with Crippen LogP contribution >= 0.6 is 11.3 Å². The smallest absolute Gasteiger partial charge is 0.0794 e. The minimum Gasteiger partial charge on any atom is -0.394 e. The van der Waals surface area contributed by atoms with Crippen LogP contribution in [0.4, 0.5) is 0 Å². The third kappa shape index (κ3) is 3.52. The molecule has 1 aromatic rings. The zero-order valence-corrected chi connectivity index (χ0v) is 10.2. The molecule has 0 amide bonds. The van der Waals surface area contributed by atoms with Gasteiger partial charge >= 0.3 is 0 Å². The lowest BCUT2D eigenvalue weighted by Gasteiger charge is -2.31. The van der Waals surface area contributed by atoms with Gasteiger partial charge in [-0.2, -0.15) is 0 Å². The number of piperidine rings is 1. The summed E-state index contributed by atoms with van der Waals surface area (Å²) in [6.07, 6.45) is 4.42. The van der Waals surface area contributed by atoms with Gasteiger partial charge in [0.15, 0.2) is 0 Å². The molecule has 0 saturated carbocycles. The van der Waals surface area contributed by atoms with Gasteiger partial charge in [0.1, 0.15) is 0 Å². The zero-order chi connectivity index (χ0) is 11.2. The van der Waals surface area contributed by atoms with Gasteiger partial charge in [0.25, 0.3) is 0 Å². The summed E-state index contributed by atoms with van der Waals surface area (Å²) in [4.78, 5) is 7.85. The van der Waals surface area contributed by atoms with Crippen LogP contribution in [-0.4, -0.2) is 47.4 Å². The van der Waals surface area contributed by atoms with Crippen molar-refractivity contribution < 1.29 is 9.84 Å². The number of aromatic nitrogens is 1. The summed E-state index contributed by atoms with van der Waals surface area (Å²) in [7, 11) is 0. The Bertz CT molecular complexity index is 284. The molecule has 5 heteroatoms. The molecule has 1 fully saturated rings. The summed E-state index contributed by atoms with van der Waals surface area (Å²) in [5.41, 5.74) is 1.88. The van der Waals surface area contributed by atoms with Crippen molar-refractivity contribution in [3.05, 3.63) is 16.6 Å². The Morgan fingerprint density at radius 2 is 2.31 bits per heavy atom. The van der Waals surface area contributed by atoms with Crippen molar-refractivity contribution in [2.75, 3.05) is 26.3 Å². The molecule has 90 valence electrons. The van der Waals surface area contributed by atoms with Crippen LogP contribution in [-0.2, 0) is 11.3 Å². The fraction of sp³-hybridized carbons (Fsp3) is 0.727. The van der Waals surface area contributed by atoms with Crippen molar-refractivity contribution in [3.63, 3.8) is 0 Å². The molecule has 0 unspecified atom stereocenters. The standard InChI is InChI=1S/C11H18N2O2S/c14-5-6-15-10-1-3-13(4-2-10)8-11-7-12-9-16-11/h7,9-10,14H,1-6,8H2. The van der Waals surface area contributed by atoms with E-state index in [-0.39, 0.29) is 6.61 Å². The van der Waals surface area contributed by atoms with Crippen molar-refractivity contribution in [2.45, 2.75) is 25.5 Å². The number of nitrogens with zero attached hydrogens (tertiary/aromatic N) is 2. The third-order valence-electron chi connectivity index (χ3n) is 2.84. The Hall–Kier alpha value is -0.490. The molecule has 1 aliphatic heterocycles. The topological polar surface area (TPSA) is 45.6 Å². The Morgan fingerprint density at radius 1 is 1.50 bits per heavy atom. The number of hydrogen-bond donors (Lipinski definition) is 1. The van der Waals surface area contributed by atoms with E-state index in [9.17, 15) is 0 Å². The predicted molar refractivity (Wildman–Crippen MR) is 63.5 cm³/mol. The van der Waals surface area contributed by atoms with E-state index < -0.39 is 0 Å². The highest BCUT2D eigenvalue weighted by molar-refractivity contribution is 7.09.